The molecular formula is C13H16BrNO3. The number of carbonyl (C=O) groups is 2. The molecule has 0 radical (unpaired) electrons. The average molecular weight is 314 g/mol. The monoisotopic (exact) mass is 313 g/mol. The van der Waals surface area contributed by atoms with Gasteiger partial charge in [-0.2, -0.15) is 0 Å². The van der Waals surface area contributed by atoms with Crippen LogP contribution in [0.25, 0.3) is 0 Å². The lowest BCUT2D eigenvalue weighted by Crippen LogP contribution is -2.33. The number of carboxylic acids is 1. The van der Waals surface area contributed by atoms with E-state index in [1.54, 1.807) is 26.0 Å². The van der Waals surface area contributed by atoms with Gasteiger partial charge in [0.15, 0.2) is 0 Å². The minimum absolute atomic E-state index is 0.253. The Labute approximate surface area is 115 Å². The summed E-state index contributed by atoms with van der Waals surface area (Å²) in [5.74, 6) is -2.89. The number of rotatable bonds is 4. The lowest BCUT2D eigenvalue weighted by Gasteiger charge is -2.16. The molecule has 1 atom stereocenters. The van der Waals surface area contributed by atoms with E-state index in [0.29, 0.717) is 5.69 Å². The van der Waals surface area contributed by atoms with E-state index in [-0.39, 0.29) is 5.92 Å². The fourth-order valence-corrected chi connectivity index (χ4v) is 1.97. The van der Waals surface area contributed by atoms with E-state index >= 15 is 0 Å². The maximum Gasteiger partial charge on any atom is 0.316 e. The average Bonchev–Trinajstić information content (AvgIpc) is 2.22. The lowest BCUT2D eigenvalue weighted by atomic mass is 9.95. The van der Waals surface area contributed by atoms with Crippen LogP contribution in [0.4, 0.5) is 5.69 Å². The standard InChI is InChI=1S/C13H16BrNO3/c1-7(2)11(13(17)18)12(16)15-9-5-4-8(3)10(14)6-9/h4-7,11H,1-3H3,(H,15,16)(H,17,18). The summed E-state index contributed by atoms with van der Waals surface area (Å²) in [5, 5.41) is 11.6. The molecule has 98 valence electrons. The Bertz CT molecular complexity index is 471. The van der Waals surface area contributed by atoms with Crippen LogP contribution in [0.5, 0.6) is 0 Å². The number of halogens is 1. The number of carbonyl (C=O) groups excluding carboxylic acids is 1. The molecule has 0 aliphatic rings. The van der Waals surface area contributed by atoms with Gasteiger partial charge in [-0.05, 0) is 30.5 Å². The van der Waals surface area contributed by atoms with Crippen LogP contribution in [0.1, 0.15) is 19.4 Å². The summed E-state index contributed by atoms with van der Waals surface area (Å²) in [7, 11) is 0. The highest BCUT2D eigenvalue weighted by molar-refractivity contribution is 9.10. The van der Waals surface area contributed by atoms with Crippen molar-refractivity contribution in [1.82, 2.24) is 0 Å². The van der Waals surface area contributed by atoms with Gasteiger partial charge in [-0.25, -0.2) is 0 Å². The van der Waals surface area contributed by atoms with E-state index in [1.165, 1.54) is 0 Å². The summed E-state index contributed by atoms with van der Waals surface area (Å²) < 4.78 is 0.872. The first-order valence-electron chi connectivity index (χ1n) is 5.62. The van der Waals surface area contributed by atoms with E-state index in [2.05, 4.69) is 21.2 Å². The maximum absolute atomic E-state index is 11.9. The number of benzene rings is 1. The first-order valence-corrected chi connectivity index (χ1v) is 6.42. The Hall–Kier alpha value is -1.36. The van der Waals surface area contributed by atoms with Crippen LogP contribution < -0.4 is 5.32 Å². The van der Waals surface area contributed by atoms with Crippen LogP contribution in [0, 0.1) is 18.8 Å². The molecule has 1 aromatic rings. The van der Waals surface area contributed by atoms with Crippen LogP contribution in [-0.2, 0) is 9.59 Å². The van der Waals surface area contributed by atoms with Gasteiger partial charge in [0.25, 0.3) is 0 Å². The predicted octanol–water partition coefficient (Wildman–Crippen LogP) is 3.05. The molecule has 1 rings (SSSR count). The van der Waals surface area contributed by atoms with Gasteiger partial charge in [0.1, 0.15) is 5.92 Å². The highest BCUT2D eigenvalue weighted by atomic mass is 79.9. The van der Waals surface area contributed by atoms with E-state index in [0.717, 1.165) is 10.0 Å². The van der Waals surface area contributed by atoms with Crippen molar-refractivity contribution in [2.45, 2.75) is 20.8 Å². The highest BCUT2D eigenvalue weighted by Crippen LogP contribution is 2.22. The molecule has 0 aliphatic carbocycles. The molecule has 0 fully saturated rings. The van der Waals surface area contributed by atoms with Crippen LogP contribution in [0.15, 0.2) is 22.7 Å². The summed E-state index contributed by atoms with van der Waals surface area (Å²) in [6.07, 6.45) is 0. The van der Waals surface area contributed by atoms with E-state index in [1.807, 2.05) is 13.0 Å². The van der Waals surface area contributed by atoms with Gasteiger partial charge in [0.05, 0.1) is 0 Å². The molecular weight excluding hydrogens is 298 g/mol. The molecule has 0 saturated carbocycles. The SMILES string of the molecule is Cc1ccc(NC(=O)C(C(=O)O)C(C)C)cc1Br. The van der Waals surface area contributed by atoms with E-state index in [4.69, 9.17) is 5.11 Å². The second kappa shape index (κ2) is 6.00. The van der Waals surface area contributed by atoms with Gasteiger partial charge in [-0.1, -0.05) is 35.8 Å². The van der Waals surface area contributed by atoms with Crippen molar-refractivity contribution >= 4 is 33.5 Å². The smallest absolute Gasteiger partial charge is 0.316 e. The number of carboxylic acid groups (broad SMARTS) is 1. The number of amides is 1. The minimum Gasteiger partial charge on any atom is -0.481 e. The third kappa shape index (κ3) is 3.57. The van der Waals surface area contributed by atoms with E-state index in [9.17, 15) is 9.59 Å². The van der Waals surface area contributed by atoms with Gasteiger partial charge >= 0.3 is 5.97 Å². The topological polar surface area (TPSA) is 66.4 Å². The van der Waals surface area contributed by atoms with Crippen LogP contribution in [0.2, 0.25) is 0 Å². The number of hydrogen-bond acceptors (Lipinski definition) is 2. The van der Waals surface area contributed by atoms with Crippen LogP contribution in [0.3, 0.4) is 0 Å². The minimum atomic E-state index is -1.10. The third-order valence-electron chi connectivity index (χ3n) is 2.65. The first kappa shape index (κ1) is 14.7. The van der Waals surface area contributed by atoms with Gasteiger partial charge in [-0.15, -0.1) is 0 Å². The molecule has 0 aliphatic heterocycles. The molecule has 4 nitrogen and oxygen atoms in total. The van der Waals surface area contributed by atoms with Crippen molar-refractivity contribution in [2.24, 2.45) is 11.8 Å². The number of hydrogen-bond donors (Lipinski definition) is 2. The second-order valence-electron chi connectivity index (χ2n) is 4.51. The zero-order chi connectivity index (χ0) is 13.9. The third-order valence-corrected chi connectivity index (χ3v) is 3.51. The van der Waals surface area contributed by atoms with E-state index < -0.39 is 17.8 Å². The first-order chi connectivity index (χ1) is 8.32. The molecule has 0 bridgehead atoms. The molecule has 2 N–H and O–H groups in total. The molecule has 1 aromatic carbocycles. The zero-order valence-corrected chi connectivity index (χ0v) is 12.1. The fourth-order valence-electron chi connectivity index (χ4n) is 1.59. The number of anilines is 1. The molecule has 0 aromatic heterocycles. The number of aliphatic carboxylic acids is 1. The molecule has 0 heterocycles. The maximum atomic E-state index is 11.9. The van der Waals surface area contributed by atoms with Crippen LogP contribution >= 0.6 is 15.9 Å². The lowest BCUT2D eigenvalue weighted by molar-refractivity contribution is -0.147. The summed E-state index contributed by atoms with van der Waals surface area (Å²) >= 11 is 3.36. The normalized spacial score (nSPS) is 12.3. The molecule has 0 saturated heterocycles. The Kier molecular flexibility index (Phi) is 4.90. The Morgan fingerprint density at radius 3 is 2.39 bits per heavy atom. The highest BCUT2D eigenvalue weighted by Gasteiger charge is 2.29. The second-order valence-corrected chi connectivity index (χ2v) is 5.37. The summed E-state index contributed by atoms with van der Waals surface area (Å²) in [4.78, 5) is 22.9. The summed E-state index contributed by atoms with van der Waals surface area (Å²) in [6, 6.07) is 5.36. The molecule has 1 unspecified atom stereocenters. The van der Waals surface area contributed by atoms with Gasteiger partial charge in [-0.3, -0.25) is 9.59 Å². The Morgan fingerprint density at radius 1 is 1.33 bits per heavy atom. The van der Waals surface area contributed by atoms with Crippen molar-refractivity contribution in [3.8, 4) is 0 Å². The molecule has 1 amide bonds. The van der Waals surface area contributed by atoms with Crippen molar-refractivity contribution < 1.29 is 14.7 Å². The van der Waals surface area contributed by atoms with Crippen molar-refractivity contribution in [3.63, 3.8) is 0 Å². The molecule has 5 heteroatoms. The number of aryl methyl sites for hydroxylation is 1. The van der Waals surface area contributed by atoms with Crippen molar-refractivity contribution in [3.05, 3.63) is 28.2 Å². The molecule has 18 heavy (non-hydrogen) atoms. The summed E-state index contributed by atoms with van der Waals surface area (Å²) in [5.41, 5.74) is 1.64. The Morgan fingerprint density at radius 2 is 1.94 bits per heavy atom. The quantitative estimate of drug-likeness (QED) is 0.840. The van der Waals surface area contributed by atoms with Gasteiger partial charge < -0.3 is 10.4 Å². The van der Waals surface area contributed by atoms with Crippen molar-refractivity contribution in [1.29, 1.82) is 0 Å². The van der Waals surface area contributed by atoms with Crippen molar-refractivity contribution in [2.75, 3.05) is 5.32 Å². The van der Waals surface area contributed by atoms with Gasteiger partial charge in [0, 0.05) is 10.2 Å². The predicted molar refractivity (Wildman–Crippen MR) is 73.5 cm³/mol. The number of nitrogens with one attached hydrogen (secondary N) is 1. The van der Waals surface area contributed by atoms with Crippen LogP contribution in [-0.4, -0.2) is 17.0 Å². The zero-order valence-electron chi connectivity index (χ0n) is 10.5. The summed E-state index contributed by atoms with van der Waals surface area (Å²) in [6.45, 7) is 5.36. The molecule has 0 spiro atoms. The Balaban J connectivity index is 2.86. The van der Waals surface area contributed by atoms with Gasteiger partial charge in [0.2, 0.25) is 5.91 Å². The largest absolute Gasteiger partial charge is 0.481 e. The fraction of sp³-hybridized carbons (Fsp3) is 0.385.